The van der Waals surface area contributed by atoms with Gasteiger partial charge in [0.15, 0.2) is 0 Å². The molecule has 2 N–H and O–H groups in total. The van der Waals surface area contributed by atoms with Gasteiger partial charge in [0.05, 0.1) is 5.69 Å². The van der Waals surface area contributed by atoms with Gasteiger partial charge in [-0.05, 0) is 25.3 Å². The molecule has 1 saturated carbocycles. The fourth-order valence-corrected chi connectivity index (χ4v) is 2.28. The Bertz CT molecular complexity index is 361. The summed E-state index contributed by atoms with van der Waals surface area (Å²) in [4.78, 5) is 14.6. The van der Waals surface area contributed by atoms with E-state index in [1.165, 1.54) is 37.0 Å². The van der Waals surface area contributed by atoms with Gasteiger partial charge in [-0.2, -0.15) is 0 Å². The first-order valence-corrected chi connectivity index (χ1v) is 6.52. The molecule has 0 radical (unpaired) electrons. The zero-order valence-electron chi connectivity index (χ0n) is 9.11. The minimum absolute atomic E-state index is 0.176. The Kier molecular flexibility index (Phi) is 3.90. The van der Waals surface area contributed by atoms with Crippen molar-refractivity contribution in [1.29, 1.82) is 0 Å². The van der Waals surface area contributed by atoms with Gasteiger partial charge in [-0.25, -0.2) is 9.78 Å². The van der Waals surface area contributed by atoms with Crippen molar-refractivity contribution in [1.82, 2.24) is 10.3 Å². The molecule has 1 heterocycles. The number of nitrogens with one attached hydrogen (secondary N) is 1. The van der Waals surface area contributed by atoms with Gasteiger partial charge in [0.25, 0.3) is 0 Å². The molecule has 0 aromatic carbocycles. The van der Waals surface area contributed by atoms with Crippen molar-refractivity contribution in [3.63, 3.8) is 0 Å². The minimum Gasteiger partial charge on any atom is -0.476 e. The summed E-state index contributed by atoms with van der Waals surface area (Å²) in [7, 11) is 0. The Morgan fingerprint density at radius 2 is 2.44 bits per heavy atom. The lowest BCUT2D eigenvalue weighted by Crippen LogP contribution is -2.15. The lowest BCUT2D eigenvalue weighted by atomic mass is 10.2. The second-order valence-corrected chi connectivity index (χ2v) is 5.07. The van der Waals surface area contributed by atoms with Crippen LogP contribution in [0.4, 0.5) is 0 Å². The van der Waals surface area contributed by atoms with Crippen LogP contribution in [0.2, 0.25) is 0 Å². The number of aromatic nitrogens is 1. The molecular weight excluding hydrogens is 224 g/mol. The molecule has 1 fully saturated rings. The Balaban J connectivity index is 1.62. The molecule has 0 aliphatic heterocycles. The second kappa shape index (κ2) is 5.41. The van der Waals surface area contributed by atoms with Crippen molar-refractivity contribution in [2.24, 2.45) is 5.92 Å². The number of rotatable bonds is 7. The van der Waals surface area contributed by atoms with Crippen molar-refractivity contribution < 1.29 is 9.90 Å². The predicted molar refractivity (Wildman–Crippen MR) is 62.7 cm³/mol. The number of carboxylic acid groups (broad SMARTS) is 1. The molecule has 0 bridgehead atoms. The van der Waals surface area contributed by atoms with Crippen molar-refractivity contribution in [2.45, 2.75) is 32.2 Å². The lowest BCUT2D eigenvalue weighted by Gasteiger charge is -2.01. The van der Waals surface area contributed by atoms with E-state index in [9.17, 15) is 4.79 Å². The summed E-state index contributed by atoms with van der Waals surface area (Å²) in [6.07, 6.45) is 5.35. The van der Waals surface area contributed by atoms with Crippen LogP contribution < -0.4 is 5.32 Å². The highest BCUT2D eigenvalue weighted by Crippen LogP contribution is 2.33. The van der Waals surface area contributed by atoms with Gasteiger partial charge in [0, 0.05) is 11.9 Å². The zero-order chi connectivity index (χ0) is 11.4. The maximum atomic E-state index is 10.6. The zero-order valence-corrected chi connectivity index (χ0v) is 9.92. The number of hydrogen-bond donors (Lipinski definition) is 2. The van der Waals surface area contributed by atoms with Crippen LogP contribution in [0.15, 0.2) is 5.38 Å². The Morgan fingerprint density at radius 3 is 3.06 bits per heavy atom. The molecule has 88 valence electrons. The van der Waals surface area contributed by atoms with Crippen LogP contribution in [0, 0.1) is 5.92 Å². The molecule has 0 atom stereocenters. The predicted octanol–water partition coefficient (Wildman–Crippen LogP) is 2.12. The van der Waals surface area contributed by atoms with Gasteiger partial charge >= 0.3 is 5.97 Å². The van der Waals surface area contributed by atoms with Crippen LogP contribution >= 0.6 is 11.3 Å². The fraction of sp³-hybridized carbons (Fsp3) is 0.636. The van der Waals surface area contributed by atoms with E-state index in [4.69, 9.17) is 5.11 Å². The Labute approximate surface area is 98.7 Å². The first-order chi connectivity index (χ1) is 7.75. The second-order valence-electron chi connectivity index (χ2n) is 4.21. The molecule has 0 saturated heterocycles. The standard InChI is InChI=1S/C11H16N2O2S/c14-11(15)10-13-9(7-16-10)6-12-5-1-2-8-3-4-8/h7-8,12H,1-6H2,(H,14,15). The number of nitrogens with zero attached hydrogens (tertiary/aromatic N) is 1. The summed E-state index contributed by atoms with van der Waals surface area (Å²) in [5.41, 5.74) is 0.828. The third-order valence-electron chi connectivity index (χ3n) is 2.70. The smallest absolute Gasteiger partial charge is 0.365 e. The van der Waals surface area contributed by atoms with Crippen LogP contribution in [0.3, 0.4) is 0 Å². The van der Waals surface area contributed by atoms with Gasteiger partial charge < -0.3 is 10.4 Å². The fourth-order valence-electron chi connectivity index (χ4n) is 1.63. The third-order valence-corrected chi connectivity index (χ3v) is 3.58. The molecule has 4 nitrogen and oxygen atoms in total. The molecule has 0 amide bonds. The van der Waals surface area contributed by atoms with E-state index in [1.807, 2.05) is 0 Å². The van der Waals surface area contributed by atoms with Crippen LogP contribution in [0.25, 0.3) is 0 Å². The number of aromatic carboxylic acids is 1. The quantitative estimate of drug-likeness (QED) is 0.717. The average molecular weight is 240 g/mol. The van der Waals surface area contributed by atoms with E-state index in [0.29, 0.717) is 6.54 Å². The highest BCUT2D eigenvalue weighted by Gasteiger charge is 2.19. The van der Waals surface area contributed by atoms with Crippen molar-refractivity contribution in [2.75, 3.05) is 6.54 Å². The molecule has 16 heavy (non-hydrogen) atoms. The SMILES string of the molecule is O=C(O)c1nc(CNCCCC2CC2)cs1. The van der Waals surface area contributed by atoms with E-state index in [-0.39, 0.29) is 5.01 Å². The molecule has 0 unspecified atom stereocenters. The maximum Gasteiger partial charge on any atom is 0.365 e. The van der Waals surface area contributed by atoms with E-state index in [2.05, 4.69) is 10.3 Å². The van der Waals surface area contributed by atoms with Crippen molar-refractivity contribution in [3.05, 3.63) is 16.1 Å². The average Bonchev–Trinajstić information content (AvgIpc) is 2.94. The van der Waals surface area contributed by atoms with Crippen molar-refractivity contribution in [3.8, 4) is 0 Å². The van der Waals surface area contributed by atoms with E-state index >= 15 is 0 Å². The molecule has 1 aliphatic rings. The first-order valence-electron chi connectivity index (χ1n) is 5.64. The van der Waals surface area contributed by atoms with Crippen LogP contribution in [0.5, 0.6) is 0 Å². The molecule has 5 heteroatoms. The number of hydrogen-bond acceptors (Lipinski definition) is 4. The highest BCUT2D eigenvalue weighted by atomic mass is 32.1. The molecule has 1 aromatic rings. The molecule has 1 aliphatic carbocycles. The van der Waals surface area contributed by atoms with E-state index in [1.54, 1.807) is 5.38 Å². The van der Waals surface area contributed by atoms with Crippen molar-refractivity contribution >= 4 is 17.3 Å². The van der Waals surface area contributed by atoms with Crippen LogP contribution in [0.1, 0.15) is 41.2 Å². The minimum atomic E-state index is -0.940. The normalized spacial score (nSPS) is 15.2. The summed E-state index contributed by atoms with van der Waals surface area (Å²) < 4.78 is 0. The summed E-state index contributed by atoms with van der Waals surface area (Å²) in [6.45, 7) is 1.67. The van der Waals surface area contributed by atoms with Crippen LogP contribution in [-0.4, -0.2) is 22.6 Å². The summed E-state index contributed by atoms with van der Waals surface area (Å²) in [6, 6.07) is 0. The van der Waals surface area contributed by atoms with Gasteiger partial charge in [0.1, 0.15) is 0 Å². The topological polar surface area (TPSA) is 62.2 Å². The molecule has 0 spiro atoms. The van der Waals surface area contributed by atoms with E-state index in [0.717, 1.165) is 18.2 Å². The third kappa shape index (κ3) is 3.57. The molecule has 1 aromatic heterocycles. The van der Waals surface area contributed by atoms with Gasteiger partial charge in [0.2, 0.25) is 5.01 Å². The summed E-state index contributed by atoms with van der Waals surface area (Å²) in [5, 5.41) is 14.0. The largest absolute Gasteiger partial charge is 0.476 e. The first kappa shape index (κ1) is 11.5. The number of thiazole rings is 1. The van der Waals surface area contributed by atoms with E-state index < -0.39 is 5.97 Å². The van der Waals surface area contributed by atoms with Gasteiger partial charge in [-0.3, -0.25) is 0 Å². The lowest BCUT2D eigenvalue weighted by molar-refractivity contribution is 0.0696. The van der Waals surface area contributed by atoms with Crippen LogP contribution in [-0.2, 0) is 6.54 Å². The van der Waals surface area contributed by atoms with Gasteiger partial charge in [-0.15, -0.1) is 11.3 Å². The Morgan fingerprint density at radius 1 is 1.62 bits per heavy atom. The summed E-state index contributed by atoms with van der Waals surface area (Å²) >= 11 is 1.19. The highest BCUT2D eigenvalue weighted by molar-refractivity contribution is 7.11. The monoisotopic (exact) mass is 240 g/mol. The number of carbonyl (C=O) groups is 1. The molecular formula is C11H16N2O2S. The maximum absolute atomic E-state index is 10.6. The van der Waals surface area contributed by atoms with Gasteiger partial charge in [-0.1, -0.05) is 12.8 Å². The summed E-state index contributed by atoms with van der Waals surface area (Å²) in [5.74, 6) is 0.0460. The Hall–Kier alpha value is -0.940. The molecule has 2 rings (SSSR count). The number of carboxylic acids is 1.